The van der Waals surface area contributed by atoms with Crippen LogP contribution in [-0.2, 0) is 4.74 Å². The highest BCUT2D eigenvalue weighted by Crippen LogP contribution is 2.40. The van der Waals surface area contributed by atoms with Crippen LogP contribution in [0.3, 0.4) is 0 Å². The van der Waals surface area contributed by atoms with Gasteiger partial charge >= 0.3 is 6.09 Å². The second kappa shape index (κ2) is 4.39. The predicted molar refractivity (Wildman–Crippen MR) is 59.6 cm³/mol. The second-order valence-corrected chi connectivity index (χ2v) is 4.85. The molecule has 15 heavy (non-hydrogen) atoms. The van der Waals surface area contributed by atoms with Crippen LogP contribution in [-0.4, -0.2) is 36.2 Å². The Balaban J connectivity index is 2.84. The third kappa shape index (κ3) is 2.09. The predicted octanol–water partition coefficient (Wildman–Crippen LogP) is 1.59. The van der Waals surface area contributed by atoms with Gasteiger partial charge in [0, 0.05) is 11.6 Å². The number of amides is 1. The van der Waals surface area contributed by atoms with Crippen LogP contribution in [0.5, 0.6) is 0 Å². The minimum absolute atomic E-state index is 0.147. The van der Waals surface area contributed by atoms with Crippen LogP contribution in [0.2, 0.25) is 0 Å². The minimum Gasteiger partial charge on any atom is -0.453 e. The Morgan fingerprint density at radius 3 is 2.67 bits per heavy atom. The smallest absolute Gasteiger partial charge is 0.410 e. The molecule has 88 valence electrons. The van der Waals surface area contributed by atoms with Gasteiger partial charge in [0.2, 0.25) is 0 Å². The molecule has 2 unspecified atom stereocenters. The van der Waals surface area contributed by atoms with Gasteiger partial charge in [-0.15, -0.1) is 0 Å². The van der Waals surface area contributed by atoms with Crippen molar-refractivity contribution in [2.24, 2.45) is 11.7 Å². The number of carbonyl (C=O) groups excluding carboxylic acids is 1. The van der Waals surface area contributed by atoms with E-state index in [4.69, 9.17) is 10.5 Å². The van der Waals surface area contributed by atoms with E-state index in [-0.39, 0.29) is 17.7 Å². The van der Waals surface area contributed by atoms with Gasteiger partial charge in [0.1, 0.15) is 0 Å². The Labute approximate surface area is 91.8 Å². The Bertz CT molecular complexity index is 241. The Morgan fingerprint density at radius 1 is 1.60 bits per heavy atom. The van der Waals surface area contributed by atoms with Gasteiger partial charge in [-0.2, -0.15) is 0 Å². The lowest BCUT2D eigenvalue weighted by atomic mass is 9.85. The molecule has 0 aromatic carbocycles. The van der Waals surface area contributed by atoms with Crippen molar-refractivity contribution < 1.29 is 9.53 Å². The van der Waals surface area contributed by atoms with E-state index in [9.17, 15) is 4.79 Å². The van der Waals surface area contributed by atoms with E-state index in [1.165, 1.54) is 7.11 Å². The summed E-state index contributed by atoms with van der Waals surface area (Å²) >= 11 is 0. The summed E-state index contributed by atoms with van der Waals surface area (Å²) in [6.07, 6.45) is 1.75. The summed E-state index contributed by atoms with van der Waals surface area (Å²) < 4.78 is 4.82. The van der Waals surface area contributed by atoms with Crippen molar-refractivity contribution in [1.82, 2.24) is 4.90 Å². The summed E-state index contributed by atoms with van der Waals surface area (Å²) in [4.78, 5) is 13.5. The number of ether oxygens (including phenoxy) is 1. The Morgan fingerprint density at radius 2 is 2.20 bits per heavy atom. The van der Waals surface area contributed by atoms with E-state index in [1.54, 1.807) is 0 Å². The number of hydrogen-bond acceptors (Lipinski definition) is 3. The summed E-state index contributed by atoms with van der Waals surface area (Å²) in [5.41, 5.74) is 5.45. The summed E-state index contributed by atoms with van der Waals surface area (Å²) in [6.45, 7) is 6.92. The highest BCUT2D eigenvalue weighted by Gasteiger charge is 2.47. The van der Waals surface area contributed by atoms with Crippen LogP contribution < -0.4 is 5.73 Å². The molecule has 1 amide bonds. The summed E-state index contributed by atoms with van der Waals surface area (Å²) in [7, 11) is 1.43. The Hall–Kier alpha value is -0.770. The molecule has 4 heteroatoms. The second-order valence-electron chi connectivity index (χ2n) is 4.85. The molecule has 0 aromatic rings. The van der Waals surface area contributed by atoms with Gasteiger partial charge in [-0.3, -0.25) is 0 Å². The Kier molecular flexibility index (Phi) is 3.60. The molecule has 0 radical (unpaired) electrons. The zero-order valence-corrected chi connectivity index (χ0v) is 10.1. The van der Waals surface area contributed by atoms with E-state index < -0.39 is 0 Å². The number of methoxy groups -OCH3 is 1. The molecule has 1 fully saturated rings. The molecular weight excluding hydrogens is 192 g/mol. The van der Waals surface area contributed by atoms with Crippen LogP contribution in [0.25, 0.3) is 0 Å². The van der Waals surface area contributed by atoms with E-state index in [0.717, 1.165) is 12.8 Å². The van der Waals surface area contributed by atoms with Crippen molar-refractivity contribution in [1.29, 1.82) is 0 Å². The van der Waals surface area contributed by atoms with E-state index in [0.29, 0.717) is 12.5 Å². The van der Waals surface area contributed by atoms with Crippen LogP contribution in [0, 0.1) is 5.92 Å². The molecule has 1 heterocycles. The fourth-order valence-corrected chi connectivity index (χ4v) is 2.76. The van der Waals surface area contributed by atoms with Gasteiger partial charge in [0.25, 0.3) is 0 Å². The van der Waals surface area contributed by atoms with Gasteiger partial charge < -0.3 is 15.4 Å². The van der Waals surface area contributed by atoms with Gasteiger partial charge in [0.15, 0.2) is 0 Å². The van der Waals surface area contributed by atoms with Crippen molar-refractivity contribution >= 4 is 6.09 Å². The maximum atomic E-state index is 11.7. The van der Waals surface area contributed by atoms with Crippen molar-refractivity contribution in [2.45, 2.75) is 45.2 Å². The zero-order chi connectivity index (χ0) is 11.6. The molecule has 0 bridgehead atoms. The first-order valence-corrected chi connectivity index (χ1v) is 5.52. The minimum atomic E-state index is -0.230. The number of rotatable bonds is 2. The van der Waals surface area contributed by atoms with Gasteiger partial charge in [-0.05, 0) is 46.1 Å². The molecule has 2 atom stereocenters. The number of carbonyl (C=O) groups is 1. The van der Waals surface area contributed by atoms with Gasteiger partial charge in [-0.25, -0.2) is 4.79 Å². The molecule has 2 N–H and O–H groups in total. The van der Waals surface area contributed by atoms with Crippen LogP contribution in [0.4, 0.5) is 4.79 Å². The molecule has 1 aliphatic rings. The largest absolute Gasteiger partial charge is 0.453 e. The van der Waals surface area contributed by atoms with Crippen LogP contribution in [0.1, 0.15) is 33.6 Å². The van der Waals surface area contributed by atoms with Crippen LogP contribution >= 0.6 is 0 Å². The fraction of sp³-hybridized carbons (Fsp3) is 0.909. The normalized spacial score (nSPS) is 29.3. The number of nitrogens with zero attached hydrogens (tertiary/aromatic N) is 1. The lowest BCUT2D eigenvalue weighted by molar-refractivity contribution is 0.0723. The SMILES string of the molecule is COC(=O)N1C(C)CC(CCN)C1(C)C. The van der Waals surface area contributed by atoms with Crippen LogP contribution in [0.15, 0.2) is 0 Å². The molecule has 0 aliphatic carbocycles. The maximum Gasteiger partial charge on any atom is 0.410 e. The van der Waals surface area contributed by atoms with Gasteiger partial charge in [0.05, 0.1) is 7.11 Å². The van der Waals surface area contributed by atoms with E-state index in [1.807, 2.05) is 4.90 Å². The average Bonchev–Trinajstić information content (AvgIpc) is 2.37. The topological polar surface area (TPSA) is 55.6 Å². The third-order valence-electron chi connectivity index (χ3n) is 3.57. The lowest BCUT2D eigenvalue weighted by Crippen LogP contribution is -2.48. The molecule has 1 saturated heterocycles. The lowest BCUT2D eigenvalue weighted by Gasteiger charge is -2.36. The molecule has 0 saturated carbocycles. The van der Waals surface area contributed by atoms with Crippen molar-refractivity contribution in [2.75, 3.05) is 13.7 Å². The first kappa shape index (κ1) is 12.3. The molecule has 0 aromatic heterocycles. The monoisotopic (exact) mass is 214 g/mol. The zero-order valence-electron chi connectivity index (χ0n) is 10.1. The number of hydrogen-bond donors (Lipinski definition) is 1. The average molecular weight is 214 g/mol. The summed E-state index contributed by atoms with van der Waals surface area (Å²) in [6, 6.07) is 0.240. The molecular formula is C11H22N2O2. The fourth-order valence-electron chi connectivity index (χ4n) is 2.76. The van der Waals surface area contributed by atoms with Crippen molar-refractivity contribution in [3.63, 3.8) is 0 Å². The quantitative estimate of drug-likeness (QED) is 0.759. The van der Waals surface area contributed by atoms with E-state index in [2.05, 4.69) is 20.8 Å². The number of likely N-dealkylation sites (tertiary alicyclic amines) is 1. The highest BCUT2D eigenvalue weighted by molar-refractivity contribution is 5.69. The molecule has 1 aliphatic heterocycles. The molecule has 1 rings (SSSR count). The van der Waals surface area contributed by atoms with Gasteiger partial charge in [-0.1, -0.05) is 0 Å². The van der Waals surface area contributed by atoms with Crippen molar-refractivity contribution in [3.8, 4) is 0 Å². The highest BCUT2D eigenvalue weighted by atomic mass is 16.5. The van der Waals surface area contributed by atoms with Crippen molar-refractivity contribution in [3.05, 3.63) is 0 Å². The third-order valence-corrected chi connectivity index (χ3v) is 3.57. The molecule has 4 nitrogen and oxygen atoms in total. The first-order chi connectivity index (χ1) is 6.95. The maximum absolute atomic E-state index is 11.7. The summed E-state index contributed by atoms with van der Waals surface area (Å²) in [5.74, 6) is 0.469. The van der Waals surface area contributed by atoms with E-state index >= 15 is 0 Å². The summed E-state index contributed by atoms with van der Waals surface area (Å²) in [5, 5.41) is 0. The number of nitrogens with two attached hydrogens (primary N) is 1. The first-order valence-electron chi connectivity index (χ1n) is 5.52. The molecule has 0 spiro atoms. The standard InChI is InChI=1S/C11H22N2O2/c1-8-7-9(5-6-12)11(2,3)13(8)10(14)15-4/h8-9H,5-7,12H2,1-4H3.